The van der Waals surface area contributed by atoms with Crippen molar-refractivity contribution in [2.24, 2.45) is 0 Å². The number of hydrogen-bond acceptors (Lipinski definition) is 7. The molecule has 0 unspecified atom stereocenters. The zero-order valence-corrected chi connectivity index (χ0v) is 16.7. The lowest BCUT2D eigenvalue weighted by molar-refractivity contribution is 0.183. The molecule has 0 amide bonds. The van der Waals surface area contributed by atoms with Crippen molar-refractivity contribution >= 4 is 34.0 Å². The van der Waals surface area contributed by atoms with Crippen molar-refractivity contribution in [3.05, 3.63) is 42.6 Å². The smallest absolute Gasteiger partial charge is 0.292 e. The molecule has 2 N–H and O–H groups in total. The maximum absolute atomic E-state index is 5.66. The Morgan fingerprint density at radius 2 is 1.72 bits per heavy atom. The summed E-state index contributed by atoms with van der Waals surface area (Å²) in [5.41, 5.74) is 11.0. The van der Waals surface area contributed by atoms with E-state index in [-0.39, 0.29) is 6.01 Å². The molecule has 5 rings (SSSR count). The largest absolute Gasteiger partial charge is 0.424 e. The fraction of sp³-hybridized carbons (Fsp3) is 0.318. The fourth-order valence-electron chi connectivity index (χ4n) is 4.07. The van der Waals surface area contributed by atoms with Gasteiger partial charge in [0.15, 0.2) is 5.58 Å². The average molecular weight is 388 g/mol. The summed E-state index contributed by atoms with van der Waals surface area (Å²) in [7, 11) is 0. The number of oxazole rings is 1. The molecule has 1 saturated heterocycles. The molecule has 29 heavy (non-hydrogen) atoms. The molecular formula is C22H24N6O. The summed E-state index contributed by atoms with van der Waals surface area (Å²) in [4.78, 5) is 18.5. The van der Waals surface area contributed by atoms with Gasteiger partial charge in [-0.2, -0.15) is 4.98 Å². The number of fused-ring (bicyclic) bond motifs is 2. The van der Waals surface area contributed by atoms with E-state index in [4.69, 9.17) is 15.1 Å². The van der Waals surface area contributed by atoms with E-state index in [2.05, 4.69) is 45.7 Å². The number of benzene rings is 2. The third-order valence-corrected chi connectivity index (χ3v) is 5.78. The van der Waals surface area contributed by atoms with Crippen LogP contribution in [0.5, 0.6) is 0 Å². The lowest BCUT2D eigenvalue weighted by atomic mass is 10.0. The minimum absolute atomic E-state index is 0.184. The first kappa shape index (κ1) is 17.9. The first-order valence-electron chi connectivity index (χ1n) is 10.1. The second kappa shape index (κ2) is 7.00. The highest BCUT2D eigenvalue weighted by atomic mass is 16.4. The molecule has 0 radical (unpaired) electrons. The van der Waals surface area contributed by atoms with Gasteiger partial charge in [-0.25, -0.2) is 4.98 Å². The molecule has 2 aromatic carbocycles. The average Bonchev–Trinajstić information content (AvgIpc) is 3.08. The molecule has 148 valence electrons. The molecule has 1 aliphatic heterocycles. The van der Waals surface area contributed by atoms with Gasteiger partial charge in [0.2, 0.25) is 0 Å². The summed E-state index contributed by atoms with van der Waals surface area (Å²) in [6.45, 7) is 8.62. The third kappa shape index (κ3) is 3.17. The molecule has 0 spiro atoms. The quantitative estimate of drug-likeness (QED) is 0.560. The van der Waals surface area contributed by atoms with Crippen LogP contribution < -0.4 is 10.6 Å². The molecule has 2 aromatic heterocycles. The van der Waals surface area contributed by atoms with E-state index in [1.165, 1.54) is 0 Å². The lowest BCUT2D eigenvalue weighted by Gasteiger charge is -2.45. The van der Waals surface area contributed by atoms with Crippen molar-refractivity contribution in [2.45, 2.75) is 19.9 Å². The van der Waals surface area contributed by atoms with Crippen LogP contribution in [0.25, 0.3) is 33.3 Å². The van der Waals surface area contributed by atoms with E-state index in [1.54, 1.807) is 0 Å². The van der Waals surface area contributed by atoms with Gasteiger partial charge in [-0.05, 0) is 48.5 Å². The molecule has 4 aromatic rings. The van der Waals surface area contributed by atoms with Crippen molar-refractivity contribution in [3.63, 3.8) is 0 Å². The Morgan fingerprint density at radius 1 is 1.00 bits per heavy atom. The van der Waals surface area contributed by atoms with Crippen LogP contribution in [0.4, 0.5) is 11.8 Å². The molecule has 3 heterocycles. The summed E-state index contributed by atoms with van der Waals surface area (Å²) in [6, 6.07) is 12.8. The van der Waals surface area contributed by atoms with Gasteiger partial charge in [-0.15, -0.1) is 0 Å². The van der Waals surface area contributed by atoms with E-state index < -0.39 is 0 Å². The molecule has 1 fully saturated rings. The molecule has 0 saturated carbocycles. The molecule has 1 aliphatic rings. The first-order chi connectivity index (χ1) is 14.1. The number of likely N-dealkylation sites (N-methyl/N-ethyl adjacent to an activating group) is 1. The van der Waals surface area contributed by atoms with Crippen LogP contribution >= 0.6 is 0 Å². The monoisotopic (exact) mass is 388 g/mol. The van der Waals surface area contributed by atoms with Crippen LogP contribution in [0.1, 0.15) is 13.8 Å². The molecule has 7 heteroatoms. The van der Waals surface area contributed by atoms with Crippen LogP contribution in [0, 0.1) is 0 Å². The number of rotatable bonds is 5. The summed E-state index contributed by atoms with van der Waals surface area (Å²) < 4.78 is 5.37. The molecular weight excluding hydrogens is 364 g/mol. The second-order valence-electron chi connectivity index (χ2n) is 7.45. The highest BCUT2D eigenvalue weighted by molar-refractivity contribution is 5.86. The van der Waals surface area contributed by atoms with Gasteiger partial charge in [-0.3, -0.25) is 9.88 Å². The zero-order chi connectivity index (χ0) is 20.0. The molecule has 0 atom stereocenters. The van der Waals surface area contributed by atoms with Gasteiger partial charge in [0.05, 0.1) is 17.2 Å². The zero-order valence-electron chi connectivity index (χ0n) is 16.7. The van der Waals surface area contributed by atoms with Crippen LogP contribution in [-0.2, 0) is 0 Å². The third-order valence-electron chi connectivity index (χ3n) is 5.78. The van der Waals surface area contributed by atoms with Gasteiger partial charge < -0.3 is 15.1 Å². The number of nitrogens with two attached hydrogens (primary N) is 1. The van der Waals surface area contributed by atoms with Crippen molar-refractivity contribution in [1.29, 1.82) is 0 Å². The normalized spacial score (nSPS) is 14.8. The Kier molecular flexibility index (Phi) is 4.32. The van der Waals surface area contributed by atoms with E-state index >= 15 is 0 Å². The van der Waals surface area contributed by atoms with Crippen molar-refractivity contribution in [3.8, 4) is 11.1 Å². The second-order valence-corrected chi connectivity index (χ2v) is 7.45. The summed E-state index contributed by atoms with van der Waals surface area (Å²) >= 11 is 0. The van der Waals surface area contributed by atoms with Crippen LogP contribution in [0.2, 0.25) is 0 Å². The van der Waals surface area contributed by atoms with E-state index in [1.807, 2.05) is 30.5 Å². The molecule has 7 nitrogen and oxygen atoms in total. The minimum Gasteiger partial charge on any atom is -0.424 e. The highest BCUT2D eigenvalue weighted by Crippen LogP contribution is 2.29. The fourth-order valence-corrected chi connectivity index (χ4v) is 4.07. The Bertz CT molecular complexity index is 1180. The van der Waals surface area contributed by atoms with Gasteiger partial charge in [-0.1, -0.05) is 26.0 Å². The molecule has 0 aliphatic carbocycles. The first-order valence-corrected chi connectivity index (χ1v) is 10.1. The summed E-state index contributed by atoms with van der Waals surface area (Å²) in [5.74, 6) is 0.942. The Balaban J connectivity index is 1.43. The van der Waals surface area contributed by atoms with Gasteiger partial charge in [0.1, 0.15) is 11.3 Å². The lowest BCUT2D eigenvalue weighted by Crippen LogP contribution is -2.59. The van der Waals surface area contributed by atoms with Gasteiger partial charge in [0.25, 0.3) is 6.01 Å². The van der Waals surface area contributed by atoms with Crippen LogP contribution in [-0.4, -0.2) is 52.1 Å². The maximum Gasteiger partial charge on any atom is 0.292 e. The number of anilines is 2. The number of nitrogen functional groups attached to an aromatic ring is 1. The summed E-state index contributed by atoms with van der Waals surface area (Å²) in [5, 5.41) is 0. The van der Waals surface area contributed by atoms with E-state index in [0.717, 1.165) is 59.7 Å². The highest BCUT2D eigenvalue weighted by Gasteiger charge is 2.31. The van der Waals surface area contributed by atoms with E-state index in [0.29, 0.717) is 11.6 Å². The number of aromatic nitrogens is 3. The van der Waals surface area contributed by atoms with Crippen LogP contribution in [0.3, 0.4) is 0 Å². The van der Waals surface area contributed by atoms with Crippen LogP contribution in [0.15, 0.2) is 47.0 Å². The maximum atomic E-state index is 5.66. The van der Waals surface area contributed by atoms with Crippen molar-refractivity contribution < 1.29 is 4.42 Å². The Hall–Kier alpha value is -3.19. The SMILES string of the molecule is CCN(CC)C1CN(c2cnc3ccc(-c4ccc5oc(N)nc5c4)cc3n2)C1. The minimum atomic E-state index is 0.184. The Labute approximate surface area is 169 Å². The van der Waals surface area contributed by atoms with Gasteiger partial charge >= 0.3 is 0 Å². The molecule has 0 bridgehead atoms. The number of hydrogen-bond donors (Lipinski definition) is 1. The van der Waals surface area contributed by atoms with Crippen molar-refractivity contribution in [1.82, 2.24) is 19.9 Å². The Morgan fingerprint density at radius 3 is 2.48 bits per heavy atom. The predicted molar refractivity (Wildman–Crippen MR) is 116 cm³/mol. The number of nitrogens with zero attached hydrogens (tertiary/aromatic N) is 5. The van der Waals surface area contributed by atoms with E-state index in [9.17, 15) is 0 Å². The standard InChI is InChI=1S/C22H24N6O/c1-3-27(4-2)16-12-28(13-16)21-11-24-17-7-5-14(9-18(17)25-21)15-6-8-20-19(10-15)26-22(23)29-20/h5-11,16H,3-4,12-13H2,1-2H3,(H2,23,26). The summed E-state index contributed by atoms with van der Waals surface area (Å²) in [6.07, 6.45) is 1.88. The van der Waals surface area contributed by atoms with Crippen molar-refractivity contribution in [2.75, 3.05) is 36.8 Å². The topological polar surface area (TPSA) is 84.3 Å². The predicted octanol–water partition coefficient (Wildman–Crippen LogP) is 3.55. The van der Waals surface area contributed by atoms with Gasteiger partial charge in [0, 0.05) is 19.1 Å².